The van der Waals surface area contributed by atoms with Crippen molar-refractivity contribution in [3.8, 4) is 11.1 Å². The number of anilines is 1. The highest BCUT2D eigenvalue weighted by Gasteiger charge is 2.12. The Morgan fingerprint density at radius 2 is 1.56 bits per heavy atom. The molecule has 0 bridgehead atoms. The Kier molecular flexibility index (Phi) is 5.86. The van der Waals surface area contributed by atoms with Crippen molar-refractivity contribution in [2.45, 2.75) is 0 Å². The summed E-state index contributed by atoms with van der Waals surface area (Å²) in [5.41, 5.74) is 6.08. The van der Waals surface area contributed by atoms with Crippen molar-refractivity contribution in [3.63, 3.8) is 0 Å². The molecule has 6 nitrogen and oxygen atoms in total. The van der Waals surface area contributed by atoms with Gasteiger partial charge in [-0.2, -0.15) is 5.10 Å². The minimum absolute atomic E-state index is 0.0536. The van der Waals surface area contributed by atoms with E-state index >= 15 is 0 Å². The van der Waals surface area contributed by atoms with Gasteiger partial charge in [-0.25, -0.2) is 0 Å². The molecule has 0 aliphatic heterocycles. The molecule has 0 aliphatic rings. The highest BCUT2D eigenvalue weighted by atomic mass is 32.1. The Hall–Kier alpha value is -3.58. The molecule has 0 amide bonds. The first-order valence-electron chi connectivity index (χ1n) is 8.12. The second kappa shape index (κ2) is 8.68. The van der Waals surface area contributed by atoms with E-state index in [0.717, 1.165) is 16.7 Å². The van der Waals surface area contributed by atoms with Crippen molar-refractivity contribution in [1.29, 1.82) is 0 Å². The van der Waals surface area contributed by atoms with Crippen molar-refractivity contribution >= 4 is 34.9 Å². The van der Waals surface area contributed by atoms with E-state index in [9.17, 15) is 10.1 Å². The van der Waals surface area contributed by atoms with Gasteiger partial charge in [0.1, 0.15) is 5.69 Å². The lowest BCUT2D eigenvalue weighted by Crippen LogP contribution is -2.24. The zero-order valence-electron chi connectivity index (χ0n) is 14.2. The lowest BCUT2D eigenvalue weighted by Gasteiger charge is -2.07. The van der Waals surface area contributed by atoms with Crippen LogP contribution in [0.2, 0.25) is 0 Å². The van der Waals surface area contributed by atoms with E-state index in [1.807, 2.05) is 42.5 Å². The molecule has 0 fully saturated rings. The zero-order chi connectivity index (χ0) is 19.1. The van der Waals surface area contributed by atoms with E-state index in [1.54, 1.807) is 24.4 Å². The Morgan fingerprint density at radius 1 is 0.926 bits per heavy atom. The Labute approximate surface area is 161 Å². The highest BCUT2D eigenvalue weighted by Crippen LogP contribution is 2.23. The van der Waals surface area contributed by atoms with Crippen LogP contribution in [-0.4, -0.2) is 16.3 Å². The lowest BCUT2D eigenvalue weighted by molar-refractivity contribution is -0.383. The maximum Gasteiger partial charge on any atom is 0.292 e. The standard InChI is InChI=1S/C20H16N4O2S/c25-24(26)19-9-5-4-8-18(19)22-20(27)23-21-14-15-10-12-17(13-11-15)16-6-2-1-3-7-16/h1-14H,(H2,22,23,27)/b21-14-. The molecular weight excluding hydrogens is 360 g/mol. The van der Waals surface area contributed by atoms with Crippen LogP contribution in [0, 0.1) is 10.1 Å². The molecule has 0 heterocycles. The molecule has 0 saturated heterocycles. The summed E-state index contributed by atoms with van der Waals surface area (Å²) < 4.78 is 0. The number of nitro benzene ring substituents is 1. The lowest BCUT2D eigenvalue weighted by atomic mass is 10.0. The van der Waals surface area contributed by atoms with Crippen molar-refractivity contribution in [2.24, 2.45) is 5.10 Å². The maximum atomic E-state index is 11.0. The number of para-hydroxylation sites is 2. The summed E-state index contributed by atoms with van der Waals surface area (Å²) in [7, 11) is 0. The molecule has 27 heavy (non-hydrogen) atoms. The first-order chi connectivity index (χ1) is 13.1. The Balaban J connectivity index is 1.59. The van der Waals surface area contributed by atoms with Gasteiger partial charge in [-0.15, -0.1) is 0 Å². The van der Waals surface area contributed by atoms with E-state index < -0.39 is 4.92 Å². The fourth-order valence-corrected chi connectivity index (χ4v) is 2.61. The van der Waals surface area contributed by atoms with E-state index in [2.05, 4.69) is 28.0 Å². The highest BCUT2D eigenvalue weighted by molar-refractivity contribution is 7.80. The third-order valence-corrected chi connectivity index (χ3v) is 3.94. The second-order valence-corrected chi connectivity index (χ2v) is 5.99. The largest absolute Gasteiger partial charge is 0.326 e. The molecule has 0 atom stereocenters. The summed E-state index contributed by atoms with van der Waals surface area (Å²) in [6, 6.07) is 24.3. The van der Waals surface area contributed by atoms with Gasteiger partial charge in [0, 0.05) is 6.07 Å². The van der Waals surface area contributed by atoms with Gasteiger partial charge in [0.25, 0.3) is 5.69 Å². The minimum Gasteiger partial charge on any atom is -0.326 e. The number of benzene rings is 3. The predicted octanol–water partition coefficient (Wildman–Crippen LogP) is 4.58. The minimum atomic E-state index is -0.470. The predicted molar refractivity (Wildman–Crippen MR) is 112 cm³/mol. The maximum absolute atomic E-state index is 11.0. The average molecular weight is 376 g/mol. The zero-order valence-corrected chi connectivity index (χ0v) is 15.0. The van der Waals surface area contributed by atoms with E-state index in [4.69, 9.17) is 12.2 Å². The molecule has 0 aliphatic carbocycles. The summed E-state index contributed by atoms with van der Waals surface area (Å²) >= 11 is 5.12. The number of hydrogen-bond donors (Lipinski definition) is 2. The number of hydrogen-bond acceptors (Lipinski definition) is 4. The number of hydrazone groups is 1. The number of nitrogens with one attached hydrogen (secondary N) is 2. The van der Waals surface area contributed by atoms with Crippen LogP contribution in [0.15, 0.2) is 84.0 Å². The van der Waals surface area contributed by atoms with Gasteiger partial charge in [-0.3, -0.25) is 15.5 Å². The summed E-state index contributed by atoms with van der Waals surface area (Å²) in [5.74, 6) is 0. The van der Waals surface area contributed by atoms with E-state index in [1.165, 1.54) is 6.07 Å². The molecule has 0 radical (unpaired) electrons. The molecule has 134 valence electrons. The molecule has 0 aromatic heterocycles. The van der Waals surface area contributed by atoms with Crippen LogP contribution in [0.5, 0.6) is 0 Å². The molecule has 0 unspecified atom stereocenters. The molecule has 2 N–H and O–H groups in total. The number of rotatable bonds is 5. The van der Waals surface area contributed by atoms with Crippen LogP contribution >= 0.6 is 12.2 Å². The van der Waals surface area contributed by atoms with Crippen LogP contribution in [-0.2, 0) is 0 Å². The topological polar surface area (TPSA) is 79.6 Å². The number of thiocarbonyl (C=S) groups is 1. The number of nitro groups is 1. The van der Waals surface area contributed by atoms with Crippen LogP contribution < -0.4 is 10.7 Å². The summed E-state index contributed by atoms with van der Waals surface area (Å²) in [6.45, 7) is 0. The van der Waals surface area contributed by atoms with Crippen LogP contribution in [0.1, 0.15) is 5.56 Å². The van der Waals surface area contributed by atoms with E-state index in [-0.39, 0.29) is 10.8 Å². The third-order valence-electron chi connectivity index (χ3n) is 3.75. The molecule has 3 rings (SSSR count). The van der Waals surface area contributed by atoms with Crippen LogP contribution in [0.25, 0.3) is 11.1 Å². The molecule has 0 saturated carbocycles. The van der Waals surface area contributed by atoms with Crippen LogP contribution in [0.3, 0.4) is 0 Å². The fourth-order valence-electron chi connectivity index (χ4n) is 2.45. The first kappa shape index (κ1) is 18.2. The van der Waals surface area contributed by atoms with Gasteiger partial charge >= 0.3 is 0 Å². The molecule has 7 heteroatoms. The Morgan fingerprint density at radius 3 is 2.26 bits per heavy atom. The van der Waals surface area contributed by atoms with E-state index in [0.29, 0.717) is 5.69 Å². The van der Waals surface area contributed by atoms with Gasteiger partial charge in [0.2, 0.25) is 0 Å². The summed E-state index contributed by atoms with van der Waals surface area (Å²) in [4.78, 5) is 10.5. The van der Waals surface area contributed by atoms with Gasteiger partial charge < -0.3 is 5.32 Å². The van der Waals surface area contributed by atoms with Gasteiger partial charge in [-0.05, 0) is 35.0 Å². The monoisotopic (exact) mass is 376 g/mol. The normalized spacial score (nSPS) is 10.5. The molecule has 3 aromatic carbocycles. The van der Waals surface area contributed by atoms with Gasteiger partial charge in [0.15, 0.2) is 5.11 Å². The SMILES string of the molecule is O=[N+]([O-])c1ccccc1NC(=S)N/N=C\c1ccc(-c2ccccc2)cc1. The average Bonchev–Trinajstić information content (AvgIpc) is 2.69. The van der Waals surface area contributed by atoms with Crippen molar-refractivity contribution in [2.75, 3.05) is 5.32 Å². The second-order valence-electron chi connectivity index (χ2n) is 5.59. The Bertz CT molecular complexity index is 973. The summed E-state index contributed by atoms with van der Waals surface area (Å²) in [5, 5.41) is 18.0. The molecule has 0 spiro atoms. The van der Waals surface area contributed by atoms with Gasteiger partial charge in [0.05, 0.1) is 11.1 Å². The van der Waals surface area contributed by atoms with Gasteiger partial charge in [-0.1, -0.05) is 66.7 Å². The van der Waals surface area contributed by atoms with Crippen LogP contribution in [0.4, 0.5) is 11.4 Å². The quantitative estimate of drug-likeness (QED) is 0.295. The molecule has 3 aromatic rings. The van der Waals surface area contributed by atoms with Crippen molar-refractivity contribution < 1.29 is 4.92 Å². The van der Waals surface area contributed by atoms with Crippen molar-refractivity contribution in [3.05, 3.63) is 94.5 Å². The van der Waals surface area contributed by atoms with Crippen molar-refractivity contribution in [1.82, 2.24) is 5.43 Å². The molecular formula is C20H16N4O2S. The number of nitrogens with zero attached hydrogens (tertiary/aromatic N) is 2. The summed E-state index contributed by atoms with van der Waals surface area (Å²) in [6.07, 6.45) is 1.63. The first-order valence-corrected chi connectivity index (χ1v) is 8.53. The smallest absolute Gasteiger partial charge is 0.292 e. The third kappa shape index (κ3) is 4.96. The fraction of sp³-hybridized carbons (Fsp3) is 0.